The van der Waals surface area contributed by atoms with Crippen LogP contribution in [0.2, 0.25) is 5.02 Å². The minimum Gasteiger partial charge on any atom is -0.390 e. The van der Waals surface area contributed by atoms with E-state index in [1.165, 1.54) is 10.4 Å². The molecule has 0 aliphatic carbocycles. The standard InChI is InChI=1S/C12H15ClN2O5S/c1-12(16)4-6-14(7-5-12)21(19,20)11-8-9(15(17)18)2-3-10(11)13/h2-3,8,16H,4-7H2,1H3. The van der Waals surface area contributed by atoms with Crippen LogP contribution in [0.1, 0.15) is 19.8 Å². The van der Waals surface area contributed by atoms with Crippen LogP contribution in [-0.4, -0.2) is 41.4 Å². The first-order chi connectivity index (χ1) is 9.63. The summed E-state index contributed by atoms with van der Waals surface area (Å²) in [5.41, 5.74) is -1.22. The van der Waals surface area contributed by atoms with Gasteiger partial charge in [-0.2, -0.15) is 4.31 Å². The fourth-order valence-electron chi connectivity index (χ4n) is 2.15. The van der Waals surface area contributed by atoms with Crippen molar-refractivity contribution in [1.29, 1.82) is 0 Å². The van der Waals surface area contributed by atoms with E-state index in [2.05, 4.69) is 0 Å². The van der Waals surface area contributed by atoms with Crippen molar-refractivity contribution in [3.8, 4) is 0 Å². The molecule has 2 rings (SSSR count). The number of nitro benzene ring substituents is 1. The molecule has 1 aliphatic rings. The van der Waals surface area contributed by atoms with Gasteiger partial charge in [-0.1, -0.05) is 11.6 Å². The number of benzene rings is 1. The molecule has 1 heterocycles. The van der Waals surface area contributed by atoms with Gasteiger partial charge in [0.15, 0.2) is 0 Å². The molecule has 116 valence electrons. The van der Waals surface area contributed by atoms with Crippen molar-refractivity contribution in [2.75, 3.05) is 13.1 Å². The fraction of sp³-hybridized carbons (Fsp3) is 0.500. The van der Waals surface area contributed by atoms with Gasteiger partial charge in [-0.15, -0.1) is 0 Å². The Morgan fingerprint density at radius 1 is 1.38 bits per heavy atom. The summed E-state index contributed by atoms with van der Waals surface area (Å²) >= 11 is 5.88. The topological polar surface area (TPSA) is 101 Å². The molecule has 9 heteroatoms. The van der Waals surface area contributed by atoms with Gasteiger partial charge in [-0.3, -0.25) is 10.1 Å². The van der Waals surface area contributed by atoms with E-state index in [4.69, 9.17) is 11.6 Å². The lowest BCUT2D eigenvalue weighted by Crippen LogP contribution is -2.45. The van der Waals surface area contributed by atoms with Crippen LogP contribution in [0.5, 0.6) is 0 Å². The van der Waals surface area contributed by atoms with Crippen LogP contribution in [-0.2, 0) is 10.0 Å². The van der Waals surface area contributed by atoms with E-state index in [9.17, 15) is 23.6 Å². The second-order valence-corrected chi connectivity index (χ2v) is 7.59. The van der Waals surface area contributed by atoms with E-state index >= 15 is 0 Å². The Hall–Kier alpha value is -1.22. The molecule has 1 aromatic carbocycles. The second-order valence-electron chi connectivity index (χ2n) is 5.27. The molecule has 7 nitrogen and oxygen atoms in total. The number of hydrogen-bond acceptors (Lipinski definition) is 5. The van der Waals surface area contributed by atoms with Crippen LogP contribution in [0.3, 0.4) is 0 Å². The summed E-state index contributed by atoms with van der Waals surface area (Å²) in [6.07, 6.45) is 0.609. The third-order valence-corrected chi connectivity index (χ3v) is 5.92. The normalized spacial score (nSPS) is 19.4. The zero-order valence-corrected chi connectivity index (χ0v) is 12.9. The highest BCUT2D eigenvalue weighted by molar-refractivity contribution is 7.89. The zero-order valence-electron chi connectivity index (χ0n) is 11.3. The molecule has 0 unspecified atom stereocenters. The van der Waals surface area contributed by atoms with Crippen molar-refractivity contribution < 1.29 is 18.4 Å². The quantitative estimate of drug-likeness (QED) is 0.670. The van der Waals surface area contributed by atoms with Crippen molar-refractivity contribution in [1.82, 2.24) is 4.31 Å². The van der Waals surface area contributed by atoms with Crippen LogP contribution in [0, 0.1) is 10.1 Å². The van der Waals surface area contributed by atoms with Crippen LogP contribution >= 0.6 is 11.6 Å². The first-order valence-electron chi connectivity index (χ1n) is 6.30. The van der Waals surface area contributed by atoms with E-state index in [1.807, 2.05) is 0 Å². The number of non-ortho nitro benzene ring substituents is 1. The highest BCUT2D eigenvalue weighted by Crippen LogP contribution is 2.31. The fourth-order valence-corrected chi connectivity index (χ4v) is 4.09. The van der Waals surface area contributed by atoms with Crippen molar-refractivity contribution in [3.05, 3.63) is 33.3 Å². The van der Waals surface area contributed by atoms with Crippen molar-refractivity contribution in [2.45, 2.75) is 30.3 Å². The van der Waals surface area contributed by atoms with Gasteiger partial charge in [0.2, 0.25) is 10.0 Å². The highest BCUT2D eigenvalue weighted by atomic mass is 35.5. The Morgan fingerprint density at radius 2 is 1.95 bits per heavy atom. The maximum atomic E-state index is 12.5. The molecule has 1 N–H and O–H groups in total. The molecular formula is C12H15ClN2O5S. The molecule has 0 saturated carbocycles. The third kappa shape index (κ3) is 3.34. The van der Waals surface area contributed by atoms with Gasteiger partial charge in [0, 0.05) is 25.2 Å². The minimum atomic E-state index is -3.91. The maximum absolute atomic E-state index is 12.5. The largest absolute Gasteiger partial charge is 0.390 e. The lowest BCUT2D eigenvalue weighted by atomic mass is 9.95. The van der Waals surface area contributed by atoms with Crippen LogP contribution in [0.4, 0.5) is 5.69 Å². The first kappa shape index (κ1) is 16.2. The molecule has 1 saturated heterocycles. The van der Waals surface area contributed by atoms with E-state index in [0.717, 1.165) is 12.1 Å². The third-order valence-electron chi connectivity index (χ3n) is 3.54. The molecule has 0 bridgehead atoms. The predicted molar refractivity (Wildman–Crippen MR) is 76.7 cm³/mol. The van der Waals surface area contributed by atoms with E-state index in [1.54, 1.807) is 6.92 Å². The number of hydrogen-bond donors (Lipinski definition) is 1. The molecular weight excluding hydrogens is 320 g/mol. The smallest absolute Gasteiger partial charge is 0.270 e. The van der Waals surface area contributed by atoms with Crippen molar-refractivity contribution in [3.63, 3.8) is 0 Å². The molecule has 1 fully saturated rings. The summed E-state index contributed by atoms with van der Waals surface area (Å²) in [5, 5.41) is 20.6. The number of aliphatic hydroxyl groups is 1. The van der Waals surface area contributed by atoms with Gasteiger partial charge >= 0.3 is 0 Å². The average Bonchev–Trinajstić information content (AvgIpc) is 2.38. The summed E-state index contributed by atoms with van der Waals surface area (Å²) in [5.74, 6) is 0. The minimum absolute atomic E-state index is 0.0575. The lowest BCUT2D eigenvalue weighted by Gasteiger charge is -2.35. The van der Waals surface area contributed by atoms with E-state index < -0.39 is 20.5 Å². The Labute approximate surface area is 127 Å². The predicted octanol–water partition coefficient (Wildman–Crippen LogP) is 1.78. The highest BCUT2D eigenvalue weighted by Gasteiger charge is 2.35. The number of sulfonamides is 1. The average molecular weight is 335 g/mol. The van der Waals surface area contributed by atoms with Gasteiger partial charge in [-0.25, -0.2) is 8.42 Å². The van der Waals surface area contributed by atoms with E-state index in [-0.39, 0.29) is 28.7 Å². The Kier molecular flexibility index (Phi) is 4.25. The molecule has 1 aliphatic heterocycles. The number of piperidine rings is 1. The van der Waals surface area contributed by atoms with Gasteiger partial charge in [0.05, 0.1) is 15.5 Å². The summed E-state index contributed by atoms with van der Waals surface area (Å²) in [6.45, 7) is 1.94. The molecule has 0 atom stereocenters. The Bertz CT molecular complexity index is 664. The molecule has 0 spiro atoms. The van der Waals surface area contributed by atoms with Crippen molar-refractivity contribution >= 4 is 27.3 Å². The summed E-state index contributed by atoms with van der Waals surface area (Å²) < 4.78 is 26.3. The summed E-state index contributed by atoms with van der Waals surface area (Å²) in [4.78, 5) is 9.83. The first-order valence-corrected chi connectivity index (χ1v) is 8.12. The number of rotatable bonds is 3. The molecule has 21 heavy (non-hydrogen) atoms. The van der Waals surface area contributed by atoms with Gasteiger partial charge in [0.25, 0.3) is 5.69 Å². The summed E-state index contributed by atoms with van der Waals surface area (Å²) in [7, 11) is -3.91. The lowest BCUT2D eigenvalue weighted by molar-refractivity contribution is -0.385. The molecule has 0 aromatic heterocycles. The van der Waals surface area contributed by atoms with Gasteiger partial charge in [0.1, 0.15) is 4.90 Å². The van der Waals surface area contributed by atoms with Crippen LogP contribution in [0.15, 0.2) is 23.1 Å². The van der Waals surface area contributed by atoms with E-state index in [0.29, 0.717) is 12.8 Å². The van der Waals surface area contributed by atoms with Crippen molar-refractivity contribution in [2.24, 2.45) is 0 Å². The summed E-state index contributed by atoms with van der Waals surface area (Å²) in [6, 6.07) is 3.32. The van der Waals surface area contributed by atoms with Crippen LogP contribution in [0.25, 0.3) is 0 Å². The number of nitro groups is 1. The second kappa shape index (κ2) is 5.53. The molecule has 0 amide bonds. The Balaban J connectivity index is 2.36. The number of halogens is 1. The van der Waals surface area contributed by atoms with Gasteiger partial charge in [-0.05, 0) is 25.8 Å². The van der Waals surface area contributed by atoms with Gasteiger partial charge < -0.3 is 5.11 Å². The van der Waals surface area contributed by atoms with Crippen LogP contribution < -0.4 is 0 Å². The SMILES string of the molecule is CC1(O)CCN(S(=O)(=O)c2cc([N+](=O)[O-])ccc2Cl)CC1. The Morgan fingerprint density at radius 3 is 2.48 bits per heavy atom. The zero-order chi connectivity index (χ0) is 15.8. The molecule has 1 aromatic rings. The monoisotopic (exact) mass is 334 g/mol. The number of nitrogens with zero attached hydrogens (tertiary/aromatic N) is 2. The maximum Gasteiger partial charge on any atom is 0.270 e. The molecule has 0 radical (unpaired) electrons.